The van der Waals surface area contributed by atoms with Gasteiger partial charge in [-0.05, 0) is 13.8 Å². The minimum Gasteiger partial charge on any atom is -0.449 e. The van der Waals surface area contributed by atoms with Crippen LogP contribution in [-0.2, 0) is 14.5 Å². The van der Waals surface area contributed by atoms with E-state index in [4.69, 9.17) is 0 Å². The van der Waals surface area contributed by atoms with Gasteiger partial charge in [0.1, 0.15) is 0 Å². The van der Waals surface area contributed by atoms with Crippen LogP contribution >= 0.6 is 0 Å². The molecular formula is C6H12N2O4. The number of hydrogen-bond acceptors (Lipinski definition) is 5. The molecule has 0 aliphatic rings. The normalized spacial score (nSPS) is 9.83. The van der Waals surface area contributed by atoms with E-state index in [2.05, 4.69) is 19.6 Å². The molecule has 6 heteroatoms. The van der Waals surface area contributed by atoms with Crippen molar-refractivity contribution in [1.82, 2.24) is 5.43 Å². The molecule has 0 aromatic carbocycles. The fraction of sp³-hybridized carbons (Fsp3) is 0.667. The molecule has 1 N–H and O–H groups in total. The van der Waals surface area contributed by atoms with Gasteiger partial charge in [-0.15, -0.1) is 5.10 Å². The van der Waals surface area contributed by atoms with Crippen LogP contribution in [0.4, 0.5) is 4.79 Å². The summed E-state index contributed by atoms with van der Waals surface area (Å²) in [7, 11) is 0. The summed E-state index contributed by atoms with van der Waals surface area (Å²) in [5.74, 6) is 0. The zero-order chi connectivity index (χ0) is 9.23. The lowest BCUT2D eigenvalue weighted by atomic mass is 10.9. The number of carbonyl (C=O) groups is 1. The van der Waals surface area contributed by atoms with Gasteiger partial charge < -0.3 is 9.62 Å². The van der Waals surface area contributed by atoms with Gasteiger partial charge >= 0.3 is 6.09 Å². The Labute approximate surface area is 70.4 Å². The first-order valence-corrected chi connectivity index (χ1v) is 3.53. The summed E-state index contributed by atoms with van der Waals surface area (Å²) in [5, 5.41) is 3.33. The van der Waals surface area contributed by atoms with Crippen LogP contribution in [0.2, 0.25) is 0 Å². The van der Waals surface area contributed by atoms with E-state index in [0.717, 1.165) is 6.40 Å². The molecule has 0 aliphatic heterocycles. The Morgan fingerprint density at radius 2 is 2.25 bits per heavy atom. The van der Waals surface area contributed by atoms with Gasteiger partial charge in [0.15, 0.2) is 0 Å². The molecule has 0 aliphatic carbocycles. The first-order chi connectivity index (χ1) is 5.81. The lowest BCUT2D eigenvalue weighted by Gasteiger charge is -1.98. The van der Waals surface area contributed by atoms with E-state index in [1.54, 1.807) is 13.8 Å². The smallest absolute Gasteiger partial charge is 0.427 e. The first kappa shape index (κ1) is 10.7. The van der Waals surface area contributed by atoms with Crippen molar-refractivity contribution < 1.29 is 19.3 Å². The minimum absolute atomic E-state index is 0.299. The van der Waals surface area contributed by atoms with Crippen LogP contribution in [0.5, 0.6) is 0 Å². The lowest BCUT2D eigenvalue weighted by Crippen LogP contribution is -2.18. The molecule has 0 fully saturated rings. The van der Waals surface area contributed by atoms with Crippen LogP contribution < -0.4 is 5.43 Å². The summed E-state index contributed by atoms with van der Waals surface area (Å²) in [6.45, 7) is 4.16. The molecule has 0 spiro atoms. The number of ether oxygens (including phenoxy) is 1. The van der Waals surface area contributed by atoms with Crippen molar-refractivity contribution in [3.05, 3.63) is 0 Å². The molecule has 6 nitrogen and oxygen atoms in total. The highest BCUT2D eigenvalue weighted by Crippen LogP contribution is 1.76. The number of rotatable bonds is 5. The molecular weight excluding hydrogens is 164 g/mol. The third kappa shape index (κ3) is 6.81. The third-order valence-electron chi connectivity index (χ3n) is 0.713. The zero-order valence-electron chi connectivity index (χ0n) is 7.07. The molecule has 0 rings (SSSR count). The second-order valence-electron chi connectivity index (χ2n) is 1.57. The van der Waals surface area contributed by atoms with E-state index in [1.807, 2.05) is 5.43 Å². The van der Waals surface area contributed by atoms with Gasteiger partial charge in [0.05, 0.1) is 13.2 Å². The largest absolute Gasteiger partial charge is 0.449 e. The van der Waals surface area contributed by atoms with Crippen molar-refractivity contribution in [2.24, 2.45) is 5.10 Å². The molecule has 0 unspecified atom stereocenters. The van der Waals surface area contributed by atoms with E-state index in [0.29, 0.717) is 13.2 Å². The Hall–Kier alpha value is -1.30. The summed E-state index contributed by atoms with van der Waals surface area (Å²) in [5.41, 5.74) is 2.05. The van der Waals surface area contributed by atoms with Crippen molar-refractivity contribution in [2.45, 2.75) is 13.8 Å². The minimum atomic E-state index is -0.631. The summed E-state index contributed by atoms with van der Waals surface area (Å²) < 4.78 is 4.49. The van der Waals surface area contributed by atoms with Crippen LogP contribution in [0.25, 0.3) is 0 Å². The fourth-order valence-corrected chi connectivity index (χ4v) is 0.362. The lowest BCUT2D eigenvalue weighted by molar-refractivity contribution is -0.212. The molecule has 1 amide bonds. The molecule has 0 heterocycles. The van der Waals surface area contributed by atoms with Crippen LogP contribution in [0.15, 0.2) is 5.10 Å². The number of nitrogens with zero attached hydrogens (tertiary/aromatic N) is 1. The average molecular weight is 176 g/mol. The Bertz CT molecular complexity index is 148. The summed E-state index contributed by atoms with van der Waals surface area (Å²) in [6.07, 6.45) is 0.328. The van der Waals surface area contributed by atoms with Gasteiger partial charge in [0.2, 0.25) is 6.40 Å². The highest BCUT2D eigenvalue weighted by atomic mass is 17.2. The number of hydrogen-bond donors (Lipinski definition) is 1. The van der Waals surface area contributed by atoms with Gasteiger partial charge in [-0.1, -0.05) is 0 Å². The fourth-order valence-electron chi connectivity index (χ4n) is 0.362. The number of carbonyl (C=O) groups excluding carboxylic acids is 1. The van der Waals surface area contributed by atoms with Crippen molar-refractivity contribution in [3.8, 4) is 0 Å². The molecule has 0 saturated heterocycles. The molecule has 0 radical (unpaired) electrons. The molecule has 0 aromatic rings. The van der Waals surface area contributed by atoms with Crippen molar-refractivity contribution >= 4 is 12.5 Å². The van der Waals surface area contributed by atoms with Crippen molar-refractivity contribution in [1.29, 1.82) is 0 Å². The second kappa shape index (κ2) is 7.80. The van der Waals surface area contributed by atoms with E-state index < -0.39 is 6.09 Å². The highest BCUT2D eigenvalue weighted by molar-refractivity contribution is 5.67. The monoisotopic (exact) mass is 176 g/mol. The summed E-state index contributed by atoms with van der Waals surface area (Å²) in [6, 6.07) is 0. The van der Waals surface area contributed by atoms with Crippen molar-refractivity contribution in [2.75, 3.05) is 13.2 Å². The quantitative estimate of drug-likeness (QED) is 0.219. The standard InChI is InChI=1S/C6H12N2O4/c1-3-10-6(9)8-7-5-12-11-4-2/h5H,3-4H2,1-2H3,(H,8,9). The summed E-state index contributed by atoms with van der Waals surface area (Å²) in [4.78, 5) is 19.3. The molecule has 0 atom stereocenters. The Morgan fingerprint density at radius 3 is 2.83 bits per heavy atom. The zero-order valence-corrected chi connectivity index (χ0v) is 7.07. The number of hydrazone groups is 1. The Kier molecular flexibility index (Phi) is 6.96. The molecule has 12 heavy (non-hydrogen) atoms. The van der Waals surface area contributed by atoms with E-state index >= 15 is 0 Å². The van der Waals surface area contributed by atoms with E-state index in [9.17, 15) is 4.79 Å². The van der Waals surface area contributed by atoms with Crippen LogP contribution in [0, 0.1) is 0 Å². The SMILES string of the molecule is CCOOC=NNC(=O)OCC. The van der Waals surface area contributed by atoms with Gasteiger partial charge in [-0.3, -0.25) is 0 Å². The topological polar surface area (TPSA) is 69.2 Å². The maximum Gasteiger partial charge on any atom is 0.427 e. The maximum atomic E-state index is 10.5. The Morgan fingerprint density at radius 1 is 1.50 bits per heavy atom. The predicted molar refractivity (Wildman–Crippen MR) is 41.4 cm³/mol. The third-order valence-corrected chi connectivity index (χ3v) is 0.713. The van der Waals surface area contributed by atoms with Gasteiger partial charge in [-0.2, -0.15) is 4.89 Å². The Balaban J connectivity index is 3.27. The van der Waals surface area contributed by atoms with Crippen LogP contribution in [-0.4, -0.2) is 25.7 Å². The predicted octanol–water partition coefficient (Wildman–Crippen LogP) is 0.644. The van der Waals surface area contributed by atoms with Gasteiger partial charge in [0.25, 0.3) is 0 Å². The maximum absolute atomic E-state index is 10.5. The molecule has 0 aromatic heterocycles. The second-order valence-corrected chi connectivity index (χ2v) is 1.57. The molecule has 70 valence electrons. The van der Waals surface area contributed by atoms with Crippen LogP contribution in [0.3, 0.4) is 0 Å². The number of amides is 1. The van der Waals surface area contributed by atoms with Gasteiger partial charge in [-0.25, -0.2) is 10.2 Å². The van der Waals surface area contributed by atoms with Gasteiger partial charge in [0, 0.05) is 0 Å². The van der Waals surface area contributed by atoms with Crippen LogP contribution in [0.1, 0.15) is 13.8 Å². The highest BCUT2D eigenvalue weighted by Gasteiger charge is 1.94. The number of nitrogens with one attached hydrogen (secondary N) is 1. The molecule has 0 saturated carbocycles. The average Bonchev–Trinajstić information content (AvgIpc) is 2.05. The summed E-state index contributed by atoms with van der Waals surface area (Å²) >= 11 is 0. The van der Waals surface area contributed by atoms with Crippen molar-refractivity contribution in [3.63, 3.8) is 0 Å². The molecule has 0 bridgehead atoms. The first-order valence-electron chi connectivity index (χ1n) is 3.53. The van der Waals surface area contributed by atoms with E-state index in [-0.39, 0.29) is 0 Å². The van der Waals surface area contributed by atoms with E-state index in [1.165, 1.54) is 0 Å².